The summed E-state index contributed by atoms with van der Waals surface area (Å²) < 4.78 is 0. The van der Waals surface area contributed by atoms with E-state index in [4.69, 9.17) is 9.97 Å². The van der Waals surface area contributed by atoms with Crippen LogP contribution in [0.5, 0.6) is 0 Å². The molecule has 0 atom stereocenters. The summed E-state index contributed by atoms with van der Waals surface area (Å²) in [6.07, 6.45) is 4.20. The Kier molecular flexibility index (Phi) is 3.13. The predicted octanol–water partition coefficient (Wildman–Crippen LogP) is 4.95. The molecule has 0 saturated heterocycles. The maximum absolute atomic E-state index is 4.78. The molecule has 0 radical (unpaired) electrons. The Morgan fingerprint density at radius 2 is 1.23 bits per heavy atom. The maximum Gasteiger partial charge on any atom is 0.0966 e. The van der Waals surface area contributed by atoms with Crippen LogP contribution in [-0.4, -0.2) is 9.97 Å². The summed E-state index contributed by atoms with van der Waals surface area (Å²) in [7, 11) is 0. The van der Waals surface area contributed by atoms with Crippen molar-refractivity contribution in [3.05, 3.63) is 83.9 Å². The van der Waals surface area contributed by atoms with Crippen molar-refractivity contribution in [3.63, 3.8) is 0 Å². The summed E-state index contributed by atoms with van der Waals surface area (Å²) in [5.41, 5.74) is 5.98. The lowest BCUT2D eigenvalue weighted by molar-refractivity contribution is 1.39. The van der Waals surface area contributed by atoms with Gasteiger partial charge in [0.2, 0.25) is 0 Å². The lowest BCUT2D eigenvalue weighted by Crippen LogP contribution is -1.89. The predicted molar refractivity (Wildman–Crippen MR) is 92.4 cm³/mol. The Hall–Kier alpha value is -3.00. The van der Waals surface area contributed by atoms with E-state index >= 15 is 0 Å². The highest BCUT2D eigenvalue weighted by Crippen LogP contribution is 2.21. The molecule has 3 aromatic carbocycles. The number of hydrogen-bond donors (Lipinski definition) is 0. The topological polar surface area (TPSA) is 25.8 Å². The highest BCUT2D eigenvalue weighted by Gasteiger charge is 2.03. The van der Waals surface area contributed by atoms with Crippen LogP contribution in [0.1, 0.15) is 11.1 Å². The van der Waals surface area contributed by atoms with Crippen LogP contribution < -0.4 is 0 Å². The van der Waals surface area contributed by atoms with Gasteiger partial charge >= 0.3 is 0 Å². The molecule has 2 heteroatoms. The van der Waals surface area contributed by atoms with E-state index in [1.54, 1.807) is 0 Å². The van der Waals surface area contributed by atoms with Crippen molar-refractivity contribution in [1.29, 1.82) is 0 Å². The smallest absolute Gasteiger partial charge is 0.0966 e. The van der Waals surface area contributed by atoms with Crippen LogP contribution in [0.3, 0.4) is 0 Å². The molecule has 104 valence electrons. The molecule has 0 aliphatic carbocycles. The second kappa shape index (κ2) is 5.41. The Bertz CT molecular complexity index is 972. The number of para-hydroxylation sites is 3. The third kappa shape index (κ3) is 2.35. The SMILES string of the molecule is C(=Cc1cccc2nc3ccccc3nc12)c1ccccc1. The van der Waals surface area contributed by atoms with E-state index in [9.17, 15) is 0 Å². The molecule has 22 heavy (non-hydrogen) atoms. The molecule has 1 aromatic heterocycles. The van der Waals surface area contributed by atoms with Gasteiger partial charge in [-0.15, -0.1) is 0 Å². The van der Waals surface area contributed by atoms with Gasteiger partial charge in [-0.25, -0.2) is 9.97 Å². The average molecular weight is 282 g/mol. The number of nitrogens with zero attached hydrogens (tertiary/aromatic N) is 2. The van der Waals surface area contributed by atoms with E-state index in [-0.39, 0.29) is 0 Å². The van der Waals surface area contributed by atoms with Crippen molar-refractivity contribution < 1.29 is 0 Å². The Morgan fingerprint density at radius 1 is 0.545 bits per heavy atom. The molecule has 0 N–H and O–H groups in total. The van der Waals surface area contributed by atoms with Crippen LogP contribution in [0, 0.1) is 0 Å². The van der Waals surface area contributed by atoms with Gasteiger partial charge in [0.1, 0.15) is 0 Å². The van der Waals surface area contributed by atoms with Crippen molar-refractivity contribution in [2.45, 2.75) is 0 Å². The van der Waals surface area contributed by atoms with Gasteiger partial charge < -0.3 is 0 Å². The Labute approximate surface area is 128 Å². The minimum absolute atomic E-state index is 0.925. The van der Waals surface area contributed by atoms with E-state index < -0.39 is 0 Å². The van der Waals surface area contributed by atoms with Gasteiger partial charge in [0.05, 0.1) is 22.1 Å². The first kappa shape index (κ1) is 12.7. The summed E-state index contributed by atoms with van der Waals surface area (Å²) in [5, 5.41) is 0. The molecule has 0 aliphatic rings. The zero-order valence-corrected chi connectivity index (χ0v) is 12.0. The molecule has 0 aliphatic heterocycles. The highest BCUT2D eigenvalue weighted by molar-refractivity contribution is 5.92. The van der Waals surface area contributed by atoms with Crippen molar-refractivity contribution in [2.75, 3.05) is 0 Å². The molecule has 0 fully saturated rings. The standard InChI is InChI=1S/C20H14N2/c1-2-7-15(8-3-1)13-14-16-9-6-12-19-20(16)22-18-11-5-4-10-17(18)21-19/h1-14H. The molecular formula is C20H14N2. The van der Waals surface area contributed by atoms with Gasteiger partial charge in [-0.3, -0.25) is 0 Å². The van der Waals surface area contributed by atoms with Gasteiger partial charge in [-0.2, -0.15) is 0 Å². The van der Waals surface area contributed by atoms with E-state index in [0.29, 0.717) is 0 Å². The fourth-order valence-electron chi connectivity index (χ4n) is 2.55. The number of rotatable bonds is 2. The van der Waals surface area contributed by atoms with Crippen molar-refractivity contribution in [1.82, 2.24) is 9.97 Å². The lowest BCUT2D eigenvalue weighted by atomic mass is 10.1. The second-order valence-corrected chi connectivity index (χ2v) is 5.17. The largest absolute Gasteiger partial charge is 0.244 e. The summed E-state index contributed by atoms with van der Waals surface area (Å²) in [6, 6.07) is 24.3. The summed E-state index contributed by atoms with van der Waals surface area (Å²) >= 11 is 0. The highest BCUT2D eigenvalue weighted by atomic mass is 14.8. The Morgan fingerprint density at radius 3 is 2.05 bits per heavy atom. The lowest BCUT2D eigenvalue weighted by Gasteiger charge is -2.03. The minimum Gasteiger partial charge on any atom is -0.244 e. The first-order valence-electron chi connectivity index (χ1n) is 7.29. The third-order valence-corrected chi connectivity index (χ3v) is 3.66. The van der Waals surface area contributed by atoms with Crippen molar-refractivity contribution in [2.24, 2.45) is 0 Å². The third-order valence-electron chi connectivity index (χ3n) is 3.66. The van der Waals surface area contributed by atoms with Crippen LogP contribution in [0.15, 0.2) is 72.8 Å². The number of aromatic nitrogens is 2. The van der Waals surface area contributed by atoms with Crippen LogP contribution in [0.25, 0.3) is 34.2 Å². The van der Waals surface area contributed by atoms with E-state index in [1.165, 1.54) is 5.56 Å². The van der Waals surface area contributed by atoms with Crippen LogP contribution in [-0.2, 0) is 0 Å². The minimum atomic E-state index is 0.925. The fraction of sp³-hybridized carbons (Fsp3) is 0. The Balaban J connectivity index is 1.87. The van der Waals surface area contributed by atoms with Gasteiger partial charge in [-0.05, 0) is 23.8 Å². The zero-order valence-electron chi connectivity index (χ0n) is 12.0. The fourth-order valence-corrected chi connectivity index (χ4v) is 2.55. The zero-order chi connectivity index (χ0) is 14.8. The molecular weight excluding hydrogens is 268 g/mol. The monoisotopic (exact) mass is 282 g/mol. The number of fused-ring (bicyclic) bond motifs is 2. The van der Waals surface area contributed by atoms with Crippen LogP contribution in [0.2, 0.25) is 0 Å². The van der Waals surface area contributed by atoms with E-state index in [1.807, 2.05) is 54.6 Å². The molecule has 0 saturated carbocycles. The van der Waals surface area contributed by atoms with Gasteiger partial charge in [-0.1, -0.05) is 66.7 Å². The summed E-state index contributed by atoms with van der Waals surface area (Å²) in [6.45, 7) is 0. The maximum atomic E-state index is 4.78. The molecule has 1 heterocycles. The first-order chi connectivity index (χ1) is 10.9. The number of benzene rings is 3. The van der Waals surface area contributed by atoms with Gasteiger partial charge in [0.15, 0.2) is 0 Å². The second-order valence-electron chi connectivity index (χ2n) is 5.17. The summed E-state index contributed by atoms with van der Waals surface area (Å²) in [4.78, 5) is 9.47. The number of hydrogen-bond acceptors (Lipinski definition) is 2. The molecule has 0 spiro atoms. The molecule has 0 unspecified atom stereocenters. The van der Waals surface area contributed by atoms with Crippen LogP contribution >= 0.6 is 0 Å². The molecule has 4 aromatic rings. The molecule has 2 nitrogen and oxygen atoms in total. The van der Waals surface area contributed by atoms with Crippen LogP contribution in [0.4, 0.5) is 0 Å². The van der Waals surface area contributed by atoms with Crippen molar-refractivity contribution in [3.8, 4) is 0 Å². The van der Waals surface area contributed by atoms with E-state index in [2.05, 4.69) is 30.4 Å². The molecule has 0 amide bonds. The molecule has 4 rings (SSSR count). The first-order valence-corrected chi connectivity index (χ1v) is 7.29. The van der Waals surface area contributed by atoms with Gasteiger partial charge in [0, 0.05) is 5.56 Å². The van der Waals surface area contributed by atoms with E-state index in [0.717, 1.165) is 27.6 Å². The summed E-state index contributed by atoms with van der Waals surface area (Å²) in [5.74, 6) is 0. The van der Waals surface area contributed by atoms with Gasteiger partial charge in [0.25, 0.3) is 0 Å². The quantitative estimate of drug-likeness (QED) is 0.384. The normalized spacial score (nSPS) is 11.5. The average Bonchev–Trinajstić information content (AvgIpc) is 2.59. The van der Waals surface area contributed by atoms with Crippen molar-refractivity contribution >= 4 is 34.2 Å². The molecule has 0 bridgehead atoms.